The van der Waals surface area contributed by atoms with Gasteiger partial charge in [0.1, 0.15) is 5.75 Å². The maximum Gasteiger partial charge on any atom is 0.255 e. The van der Waals surface area contributed by atoms with Gasteiger partial charge in [-0.05, 0) is 51.8 Å². The van der Waals surface area contributed by atoms with Crippen molar-refractivity contribution in [2.75, 3.05) is 11.9 Å². The number of hydrogen-bond donors (Lipinski definition) is 1. The van der Waals surface area contributed by atoms with Gasteiger partial charge < -0.3 is 10.1 Å². The molecule has 0 spiro atoms. The second-order valence-corrected chi connectivity index (χ2v) is 7.45. The third-order valence-electron chi connectivity index (χ3n) is 3.89. The van der Waals surface area contributed by atoms with Gasteiger partial charge in [-0.15, -0.1) is 0 Å². The van der Waals surface area contributed by atoms with Gasteiger partial charge in [0.25, 0.3) is 5.91 Å². The molecule has 0 saturated carbocycles. The van der Waals surface area contributed by atoms with Crippen molar-refractivity contribution in [1.82, 2.24) is 0 Å². The zero-order valence-electron chi connectivity index (χ0n) is 14.2. The molecule has 0 aromatic heterocycles. The van der Waals surface area contributed by atoms with Crippen LogP contribution in [-0.4, -0.2) is 12.5 Å². The highest BCUT2D eigenvalue weighted by atomic mass is 79.9. The van der Waals surface area contributed by atoms with Crippen LogP contribution in [0.1, 0.15) is 15.9 Å². The highest BCUT2D eigenvalue weighted by Gasteiger charge is 2.13. The summed E-state index contributed by atoms with van der Waals surface area (Å²) >= 11 is 15.7. The number of halogens is 3. The van der Waals surface area contributed by atoms with E-state index < -0.39 is 0 Å². The van der Waals surface area contributed by atoms with Gasteiger partial charge in [0.2, 0.25) is 0 Å². The lowest BCUT2D eigenvalue weighted by atomic mass is 10.1. The van der Waals surface area contributed by atoms with Gasteiger partial charge in [-0.3, -0.25) is 4.79 Å². The molecule has 6 heteroatoms. The van der Waals surface area contributed by atoms with Crippen molar-refractivity contribution >= 4 is 50.7 Å². The van der Waals surface area contributed by atoms with Crippen LogP contribution in [0.2, 0.25) is 10.0 Å². The number of rotatable bonds is 6. The van der Waals surface area contributed by atoms with E-state index in [4.69, 9.17) is 27.9 Å². The Labute approximate surface area is 176 Å². The first kappa shape index (κ1) is 19.7. The van der Waals surface area contributed by atoms with E-state index >= 15 is 0 Å². The second kappa shape index (κ2) is 9.27. The van der Waals surface area contributed by atoms with E-state index in [1.807, 2.05) is 18.2 Å². The van der Waals surface area contributed by atoms with Crippen molar-refractivity contribution in [2.24, 2.45) is 0 Å². The minimum atomic E-state index is -0.304. The van der Waals surface area contributed by atoms with Gasteiger partial charge in [0.15, 0.2) is 0 Å². The van der Waals surface area contributed by atoms with E-state index in [0.717, 1.165) is 6.42 Å². The number of carbonyl (C=O) groups excluding carboxylic acids is 1. The van der Waals surface area contributed by atoms with Crippen molar-refractivity contribution in [3.8, 4) is 5.75 Å². The standard InChI is InChI=1S/C21H16BrCl2NO2/c22-16-13-15(21(26)25-20-17(23)7-4-8-18(20)24)9-10-19(16)27-12-11-14-5-2-1-3-6-14/h1-10,13H,11-12H2,(H,25,26). The normalized spacial score (nSPS) is 10.5. The third kappa shape index (κ3) is 5.25. The maximum absolute atomic E-state index is 12.5. The van der Waals surface area contributed by atoms with Crippen molar-refractivity contribution in [3.05, 3.63) is 92.4 Å². The molecule has 0 heterocycles. The molecule has 0 unspecified atom stereocenters. The number of nitrogens with one attached hydrogen (secondary N) is 1. The van der Waals surface area contributed by atoms with Gasteiger partial charge in [0.05, 0.1) is 26.8 Å². The predicted molar refractivity (Wildman–Crippen MR) is 114 cm³/mol. The summed E-state index contributed by atoms with van der Waals surface area (Å²) in [6.07, 6.45) is 0.806. The van der Waals surface area contributed by atoms with E-state index in [0.29, 0.717) is 38.1 Å². The lowest BCUT2D eigenvalue weighted by Gasteiger charge is -2.11. The number of hydrogen-bond acceptors (Lipinski definition) is 2. The Kier molecular flexibility index (Phi) is 6.78. The Morgan fingerprint density at radius 1 is 0.963 bits per heavy atom. The molecule has 0 radical (unpaired) electrons. The SMILES string of the molecule is O=C(Nc1c(Cl)cccc1Cl)c1ccc(OCCc2ccccc2)c(Br)c1. The number of anilines is 1. The van der Waals surface area contributed by atoms with Crippen molar-refractivity contribution < 1.29 is 9.53 Å². The minimum absolute atomic E-state index is 0.304. The van der Waals surface area contributed by atoms with E-state index in [2.05, 4.69) is 33.4 Å². The molecule has 0 aliphatic heterocycles. The van der Waals surface area contributed by atoms with E-state index in [-0.39, 0.29) is 5.91 Å². The predicted octanol–water partition coefficient (Wildman–Crippen LogP) is 6.63. The molecule has 3 rings (SSSR count). The van der Waals surface area contributed by atoms with Crippen molar-refractivity contribution in [1.29, 1.82) is 0 Å². The Morgan fingerprint density at radius 3 is 2.33 bits per heavy atom. The number of carbonyl (C=O) groups is 1. The first-order valence-electron chi connectivity index (χ1n) is 8.26. The second-order valence-electron chi connectivity index (χ2n) is 5.78. The summed E-state index contributed by atoms with van der Waals surface area (Å²) in [6.45, 7) is 0.545. The monoisotopic (exact) mass is 463 g/mol. The van der Waals surface area contributed by atoms with Crippen molar-refractivity contribution in [3.63, 3.8) is 0 Å². The Balaban J connectivity index is 1.64. The van der Waals surface area contributed by atoms with Crippen LogP contribution in [0, 0.1) is 0 Å². The quantitative estimate of drug-likeness (QED) is 0.444. The van der Waals surface area contributed by atoms with Gasteiger partial charge in [-0.25, -0.2) is 0 Å². The molecule has 0 bridgehead atoms. The summed E-state index contributed by atoms with van der Waals surface area (Å²) in [6, 6.07) is 20.3. The molecule has 3 aromatic carbocycles. The number of benzene rings is 3. The molecule has 0 aliphatic carbocycles. The lowest BCUT2D eigenvalue weighted by molar-refractivity contribution is 0.102. The summed E-state index contributed by atoms with van der Waals surface area (Å²) in [7, 11) is 0. The van der Waals surface area contributed by atoms with Crippen molar-refractivity contribution in [2.45, 2.75) is 6.42 Å². The first-order valence-corrected chi connectivity index (χ1v) is 9.81. The molecule has 138 valence electrons. The van der Waals surface area contributed by atoms with Gasteiger partial charge in [-0.1, -0.05) is 59.6 Å². The summed E-state index contributed by atoms with van der Waals surface area (Å²) in [5.74, 6) is 0.375. The molecule has 0 saturated heterocycles. The molecule has 27 heavy (non-hydrogen) atoms. The Morgan fingerprint density at radius 2 is 1.67 bits per heavy atom. The van der Waals surface area contributed by atoms with Gasteiger partial charge in [-0.2, -0.15) is 0 Å². The fraction of sp³-hybridized carbons (Fsp3) is 0.0952. The molecule has 3 nitrogen and oxygen atoms in total. The summed E-state index contributed by atoms with van der Waals surface area (Å²) in [5, 5.41) is 3.51. The lowest BCUT2D eigenvalue weighted by Crippen LogP contribution is -2.13. The van der Waals surface area contributed by atoms with Gasteiger partial charge in [0, 0.05) is 12.0 Å². The average molecular weight is 465 g/mol. The smallest absolute Gasteiger partial charge is 0.255 e. The van der Waals surface area contributed by atoms with Crippen LogP contribution >= 0.6 is 39.1 Å². The first-order chi connectivity index (χ1) is 13.0. The fourth-order valence-electron chi connectivity index (χ4n) is 2.49. The van der Waals surface area contributed by atoms with Crippen LogP contribution in [0.15, 0.2) is 71.2 Å². The van der Waals surface area contributed by atoms with E-state index in [1.165, 1.54) is 5.56 Å². The zero-order chi connectivity index (χ0) is 19.2. The molecule has 0 fully saturated rings. The van der Waals surface area contributed by atoms with Crippen LogP contribution in [0.4, 0.5) is 5.69 Å². The van der Waals surface area contributed by atoms with E-state index in [9.17, 15) is 4.79 Å². The van der Waals surface area contributed by atoms with Crippen LogP contribution < -0.4 is 10.1 Å². The van der Waals surface area contributed by atoms with Gasteiger partial charge >= 0.3 is 0 Å². The average Bonchev–Trinajstić information content (AvgIpc) is 2.67. The molecular weight excluding hydrogens is 449 g/mol. The number of amides is 1. The molecule has 0 atom stereocenters. The zero-order valence-corrected chi connectivity index (χ0v) is 17.3. The molecular formula is C21H16BrCl2NO2. The topological polar surface area (TPSA) is 38.3 Å². The largest absolute Gasteiger partial charge is 0.492 e. The molecule has 0 aliphatic rings. The summed E-state index contributed by atoms with van der Waals surface area (Å²) < 4.78 is 6.51. The van der Waals surface area contributed by atoms with E-state index in [1.54, 1.807) is 36.4 Å². The van der Waals surface area contributed by atoms with Crippen LogP contribution in [0.5, 0.6) is 5.75 Å². The molecule has 1 N–H and O–H groups in total. The Hall–Kier alpha value is -2.01. The van der Waals surface area contributed by atoms with Crippen LogP contribution in [-0.2, 0) is 6.42 Å². The maximum atomic E-state index is 12.5. The highest BCUT2D eigenvalue weighted by molar-refractivity contribution is 9.10. The third-order valence-corrected chi connectivity index (χ3v) is 5.14. The number of para-hydroxylation sites is 1. The highest BCUT2D eigenvalue weighted by Crippen LogP contribution is 2.31. The summed E-state index contributed by atoms with van der Waals surface area (Å²) in [4.78, 5) is 12.5. The fourth-order valence-corrected chi connectivity index (χ4v) is 3.47. The number of ether oxygens (including phenoxy) is 1. The minimum Gasteiger partial charge on any atom is -0.492 e. The van der Waals surface area contributed by atoms with Crippen LogP contribution in [0.3, 0.4) is 0 Å². The molecule has 3 aromatic rings. The molecule has 1 amide bonds. The van der Waals surface area contributed by atoms with Crippen LogP contribution in [0.25, 0.3) is 0 Å². The Bertz CT molecular complexity index is 928. The summed E-state index contributed by atoms with van der Waals surface area (Å²) in [5.41, 5.74) is 2.07.